The Kier molecular flexibility index (Phi) is 3.47. The standard InChI is InChI=1S/C5H12N2O3S/c1-3-11(9,10)7-5(8)4(2)6/h4H,3,6H2,1-2H3,(H,7,8)/t4-/m0/s1. The van der Waals surface area contributed by atoms with Crippen molar-refractivity contribution in [2.24, 2.45) is 5.73 Å². The number of nitrogens with two attached hydrogens (primary N) is 1. The summed E-state index contributed by atoms with van der Waals surface area (Å²) in [7, 11) is -3.44. The highest BCUT2D eigenvalue weighted by atomic mass is 32.2. The van der Waals surface area contributed by atoms with Crippen molar-refractivity contribution in [3.63, 3.8) is 0 Å². The summed E-state index contributed by atoms with van der Waals surface area (Å²) in [6, 6.07) is -0.795. The molecule has 66 valence electrons. The summed E-state index contributed by atoms with van der Waals surface area (Å²) >= 11 is 0. The largest absolute Gasteiger partial charge is 0.320 e. The average Bonchev–Trinajstić information content (AvgIpc) is 1.87. The quantitative estimate of drug-likeness (QED) is 0.571. The molecule has 0 spiro atoms. The number of hydrogen-bond donors (Lipinski definition) is 2. The molecule has 0 unspecified atom stereocenters. The summed E-state index contributed by atoms with van der Waals surface area (Å²) in [5.41, 5.74) is 5.12. The topological polar surface area (TPSA) is 89.3 Å². The number of amides is 1. The van der Waals surface area contributed by atoms with Crippen molar-refractivity contribution in [1.82, 2.24) is 4.72 Å². The van der Waals surface area contributed by atoms with Crippen LogP contribution in [0.5, 0.6) is 0 Å². The molecule has 0 aromatic rings. The molecule has 0 aliphatic carbocycles. The SMILES string of the molecule is CCS(=O)(=O)NC(=O)[C@H](C)N. The van der Waals surface area contributed by atoms with Gasteiger partial charge >= 0.3 is 0 Å². The van der Waals surface area contributed by atoms with Crippen LogP contribution in [0.1, 0.15) is 13.8 Å². The van der Waals surface area contributed by atoms with Crippen LogP contribution in [0.2, 0.25) is 0 Å². The fraction of sp³-hybridized carbons (Fsp3) is 0.800. The Balaban J connectivity index is 4.17. The van der Waals surface area contributed by atoms with Gasteiger partial charge in [-0.05, 0) is 13.8 Å². The third-order valence-corrected chi connectivity index (χ3v) is 2.32. The van der Waals surface area contributed by atoms with Gasteiger partial charge in [0.1, 0.15) is 0 Å². The molecule has 0 bridgehead atoms. The summed E-state index contributed by atoms with van der Waals surface area (Å²) in [5.74, 6) is -0.794. The predicted octanol–water partition coefficient (Wildman–Crippen LogP) is -1.20. The summed E-state index contributed by atoms with van der Waals surface area (Å²) in [4.78, 5) is 10.7. The second-order valence-corrected chi connectivity index (χ2v) is 4.17. The Hall–Kier alpha value is -0.620. The zero-order valence-corrected chi connectivity index (χ0v) is 7.31. The average molecular weight is 180 g/mol. The van der Waals surface area contributed by atoms with Crippen molar-refractivity contribution in [1.29, 1.82) is 0 Å². The maximum atomic E-state index is 10.7. The van der Waals surface area contributed by atoms with E-state index in [2.05, 4.69) is 0 Å². The van der Waals surface area contributed by atoms with E-state index in [1.165, 1.54) is 13.8 Å². The molecule has 0 aromatic heterocycles. The Morgan fingerprint density at radius 2 is 2.09 bits per heavy atom. The Labute approximate surface area is 66.0 Å². The van der Waals surface area contributed by atoms with Crippen LogP contribution in [0.3, 0.4) is 0 Å². The third-order valence-electron chi connectivity index (χ3n) is 1.05. The normalized spacial score (nSPS) is 14.1. The van der Waals surface area contributed by atoms with Crippen molar-refractivity contribution in [2.75, 3.05) is 5.75 Å². The molecule has 0 radical (unpaired) electrons. The molecule has 6 heteroatoms. The molecule has 0 aliphatic rings. The van der Waals surface area contributed by atoms with E-state index in [0.717, 1.165) is 0 Å². The lowest BCUT2D eigenvalue weighted by Crippen LogP contribution is -2.42. The first-order chi connectivity index (χ1) is 4.89. The van der Waals surface area contributed by atoms with E-state index in [1.54, 1.807) is 0 Å². The zero-order chi connectivity index (χ0) is 9.07. The van der Waals surface area contributed by atoms with Gasteiger partial charge in [0.2, 0.25) is 15.9 Å². The third kappa shape index (κ3) is 3.94. The molecule has 0 aliphatic heterocycles. The Bertz CT molecular complexity index is 232. The van der Waals surface area contributed by atoms with Crippen LogP contribution in [0.15, 0.2) is 0 Å². The molecular formula is C5H12N2O3S. The van der Waals surface area contributed by atoms with Gasteiger partial charge in [-0.2, -0.15) is 0 Å². The van der Waals surface area contributed by atoms with Gasteiger partial charge in [0.25, 0.3) is 0 Å². The Morgan fingerprint density at radius 3 is 2.36 bits per heavy atom. The number of carbonyl (C=O) groups is 1. The molecule has 11 heavy (non-hydrogen) atoms. The summed E-state index contributed by atoms with van der Waals surface area (Å²) in [6.07, 6.45) is 0. The van der Waals surface area contributed by atoms with Gasteiger partial charge in [-0.25, -0.2) is 8.42 Å². The highest BCUT2D eigenvalue weighted by Crippen LogP contribution is 1.84. The van der Waals surface area contributed by atoms with E-state index < -0.39 is 22.0 Å². The molecule has 0 saturated carbocycles. The van der Waals surface area contributed by atoms with Crippen molar-refractivity contribution in [3.05, 3.63) is 0 Å². The van der Waals surface area contributed by atoms with Crippen LogP contribution in [0.25, 0.3) is 0 Å². The molecule has 0 aromatic carbocycles. The fourth-order valence-corrected chi connectivity index (χ4v) is 0.955. The van der Waals surface area contributed by atoms with Crippen LogP contribution in [-0.4, -0.2) is 26.1 Å². The molecule has 1 atom stereocenters. The van der Waals surface area contributed by atoms with E-state index in [4.69, 9.17) is 5.73 Å². The zero-order valence-electron chi connectivity index (χ0n) is 6.49. The molecule has 5 nitrogen and oxygen atoms in total. The van der Waals surface area contributed by atoms with Crippen molar-refractivity contribution in [3.8, 4) is 0 Å². The van der Waals surface area contributed by atoms with Crippen LogP contribution in [0, 0.1) is 0 Å². The maximum Gasteiger partial charge on any atom is 0.250 e. The minimum Gasteiger partial charge on any atom is -0.320 e. The molecule has 0 heterocycles. The van der Waals surface area contributed by atoms with Gasteiger partial charge in [0.15, 0.2) is 0 Å². The van der Waals surface area contributed by atoms with Gasteiger partial charge in [0.05, 0.1) is 11.8 Å². The molecular weight excluding hydrogens is 168 g/mol. The van der Waals surface area contributed by atoms with E-state index in [1.807, 2.05) is 4.72 Å². The summed E-state index contributed by atoms with van der Waals surface area (Å²) < 4.78 is 23.3. The maximum absolute atomic E-state index is 10.7. The first-order valence-electron chi connectivity index (χ1n) is 3.19. The highest BCUT2D eigenvalue weighted by Gasteiger charge is 2.14. The van der Waals surface area contributed by atoms with Crippen LogP contribution in [-0.2, 0) is 14.8 Å². The lowest BCUT2D eigenvalue weighted by molar-refractivity contribution is -0.120. The number of rotatable bonds is 3. The summed E-state index contributed by atoms with van der Waals surface area (Å²) in [6.45, 7) is 2.86. The molecule has 0 fully saturated rings. The minimum atomic E-state index is -3.44. The van der Waals surface area contributed by atoms with Crippen molar-refractivity contribution >= 4 is 15.9 Å². The highest BCUT2D eigenvalue weighted by molar-refractivity contribution is 7.90. The lowest BCUT2D eigenvalue weighted by Gasteiger charge is -2.05. The predicted molar refractivity (Wildman–Crippen MR) is 41.3 cm³/mol. The summed E-state index contributed by atoms with van der Waals surface area (Å²) in [5, 5.41) is 0. The molecule has 0 rings (SSSR count). The van der Waals surface area contributed by atoms with Gasteiger partial charge in [0, 0.05) is 0 Å². The second kappa shape index (κ2) is 3.68. The number of sulfonamides is 1. The molecule has 3 N–H and O–H groups in total. The number of carbonyl (C=O) groups excluding carboxylic acids is 1. The van der Waals surface area contributed by atoms with Gasteiger partial charge in [-0.15, -0.1) is 0 Å². The monoisotopic (exact) mass is 180 g/mol. The van der Waals surface area contributed by atoms with Gasteiger partial charge < -0.3 is 5.73 Å². The van der Waals surface area contributed by atoms with Gasteiger partial charge in [-0.3, -0.25) is 9.52 Å². The first-order valence-corrected chi connectivity index (χ1v) is 4.84. The smallest absolute Gasteiger partial charge is 0.250 e. The van der Waals surface area contributed by atoms with Crippen LogP contribution < -0.4 is 10.5 Å². The van der Waals surface area contributed by atoms with E-state index in [-0.39, 0.29) is 5.75 Å². The fourth-order valence-electron chi connectivity index (χ4n) is 0.318. The second-order valence-electron chi connectivity index (χ2n) is 2.16. The van der Waals surface area contributed by atoms with Crippen molar-refractivity contribution in [2.45, 2.75) is 19.9 Å². The van der Waals surface area contributed by atoms with E-state index >= 15 is 0 Å². The molecule has 1 amide bonds. The lowest BCUT2D eigenvalue weighted by atomic mass is 10.4. The van der Waals surface area contributed by atoms with Crippen molar-refractivity contribution < 1.29 is 13.2 Å². The first kappa shape index (κ1) is 10.4. The van der Waals surface area contributed by atoms with Gasteiger partial charge in [-0.1, -0.05) is 0 Å². The molecule has 0 saturated heterocycles. The number of hydrogen-bond acceptors (Lipinski definition) is 4. The minimum absolute atomic E-state index is 0.120. The van der Waals surface area contributed by atoms with E-state index in [0.29, 0.717) is 0 Å². The van der Waals surface area contributed by atoms with Crippen LogP contribution >= 0.6 is 0 Å². The Morgan fingerprint density at radius 1 is 1.64 bits per heavy atom. The van der Waals surface area contributed by atoms with Crippen LogP contribution in [0.4, 0.5) is 0 Å². The number of nitrogens with one attached hydrogen (secondary N) is 1. The van der Waals surface area contributed by atoms with E-state index in [9.17, 15) is 13.2 Å².